The average Bonchev–Trinajstić information content (AvgIpc) is 3.05. The molecule has 7 heteroatoms. The number of aryl methyl sites for hydroxylation is 1. The Morgan fingerprint density at radius 2 is 1.77 bits per heavy atom. The zero-order valence-electron chi connectivity index (χ0n) is 17.1. The van der Waals surface area contributed by atoms with Crippen LogP contribution in [0.2, 0.25) is 10.0 Å². The van der Waals surface area contributed by atoms with Gasteiger partial charge in [-0.3, -0.25) is 14.3 Å². The molecule has 0 saturated heterocycles. The molecule has 1 atom stereocenters. The van der Waals surface area contributed by atoms with Crippen LogP contribution in [0, 0.1) is 6.92 Å². The van der Waals surface area contributed by atoms with Crippen LogP contribution in [0.1, 0.15) is 29.3 Å². The number of nitrogens with zero attached hydrogens (tertiary/aromatic N) is 4. The number of halogens is 2. The van der Waals surface area contributed by atoms with E-state index in [0.29, 0.717) is 16.5 Å². The van der Waals surface area contributed by atoms with Gasteiger partial charge in [-0.05, 0) is 60.7 Å². The molecule has 31 heavy (non-hydrogen) atoms. The third-order valence-electron chi connectivity index (χ3n) is 5.99. The fourth-order valence-corrected chi connectivity index (χ4v) is 4.73. The first-order chi connectivity index (χ1) is 14.9. The summed E-state index contributed by atoms with van der Waals surface area (Å²) < 4.78 is 2.11. The molecule has 1 aliphatic heterocycles. The van der Waals surface area contributed by atoms with Crippen molar-refractivity contribution in [2.24, 2.45) is 0 Å². The van der Waals surface area contributed by atoms with Crippen molar-refractivity contribution in [3.63, 3.8) is 0 Å². The summed E-state index contributed by atoms with van der Waals surface area (Å²) in [7, 11) is 1.79. The van der Waals surface area contributed by atoms with E-state index in [9.17, 15) is 4.79 Å². The van der Waals surface area contributed by atoms with Crippen LogP contribution in [-0.4, -0.2) is 27.5 Å². The summed E-state index contributed by atoms with van der Waals surface area (Å²) in [5.74, 6) is 1.03. The fourth-order valence-electron chi connectivity index (χ4n) is 4.38. The van der Waals surface area contributed by atoms with Crippen LogP contribution in [0.5, 0.6) is 0 Å². The number of hydrogen-bond acceptors (Lipinski definition) is 3. The lowest BCUT2D eigenvalue weighted by molar-refractivity contribution is -0.118. The number of fused-ring (bicyclic) bond motifs is 2. The Kier molecular flexibility index (Phi) is 4.95. The zero-order valence-corrected chi connectivity index (χ0v) is 18.7. The zero-order chi connectivity index (χ0) is 21.7. The molecular formula is C24H20Cl2N4O. The van der Waals surface area contributed by atoms with Gasteiger partial charge in [-0.25, -0.2) is 4.98 Å². The van der Waals surface area contributed by atoms with Gasteiger partial charge < -0.3 is 4.90 Å². The van der Waals surface area contributed by atoms with Crippen molar-refractivity contribution in [2.45, 2.75) is 25.7 Å². The molecule has 2 aromatic heterocycles. The van der Waals surface area contributed by atoms with Gasteiger partial charge in [0, 0.05) is 31.0 Å². The Morgan fingerprint density at radius 3 is 2.55 bits per heavy atom. The summed E-state index contributed by atoms with van der Waals surface area (Å²) in [6.45, 7) is 1.99. The molecular weight excluding hydrogens is 431 g/mol. The van der Waals surface area contributed by atoms with Crippen molar-refractivity contribution in [2.75, 3.05) is 11.9 Å². The van der Waals surface area contributed by atoms with Gasteiger partial charge in [0.1, 0.15) is 11.3 Å². The van der Waals surface area contributed by atoms with E-state index in [2.05, 4.69) is 38.8 Å². The van der Waals surface area contributed by atoms with Gasteiger partial charge in [-0.15, -0.1) is 0 Å². The lowest BCUT2D eigenvalue weighted by Crippen LogP contribution is -2.26. The first-order valence-electron chi connectivity index (χ1n) is 10.1. The van der Waals surface area contributed by atoms with E-state index in [0.717, 1.165) is 45.8 Å². The first-order valence-corrected chi connectivity index (χ1v) is 10.8. The lowest BCUT2D eigenvalue weighted by Gasteiger charge is -2.18. The topological polar surface area (TPSA) is 51.0 Å². The molecule has 4 aromatic rings. The number of carbonyl (C=O) groups is 1. The van der Waals surface area contributed by atoms with Crippen LogP contribution in [0.25, 0.3) is 16.7 Å². The molecule has 0 radical (unpaired) electrons. The molecule has 0 N–H and O–H groups in total. The maximum absolute atomic E-state index is 12.8. The summed E-state index contributed by atoms with van der Waals surface area (Å²) in [5.41, 5.74) is 5.89. The van der Waals surface area contributed by atoms with E-state index in [1.54, 1.807) is 30.4 Å². The number of carbonyl (C=O) groups excluding carboxylic acids is 1. The van der Waals surface area contributed by atoms with Gasteiger partial charge in [0.05, 0.1) is 21.8 Å². The van der Waals surface area contributed by atoms with Crippen molar-refractivity contribution < 1.29 is 4.79 Å². The molecule has 0 saturated carbocycles. The monoisotopic (exact) mass is 450 g/mol. The van der Waals surface area contributed by atoms with E-state index in [1.807, 2.05) is 19.1 Å². The Labute approximate surface area is 190 Å². The molecule has 0 spiro atoms. The van der Waals surface area contributed by atoms with Gasteiger partial charge in [-0.2, -0.15) is 0 Å². The number of hydrogen-bond donors (Lipinski definition) is 0. The van der Waals surface area contributed by atoms with Crippen molar-refractivity contribution in [3.05, 3.63) is 81.9 Å². The number of imidazole rings is 1. The molecule has 2 aromatic carbocycles. The predicted octanol–water partition coefficient (Wildman–Crippen LogP) is 5.73. The quantitative estimate of drug-likeness (QED) is 0.391. The number of anilines is 1. The summed E-state index contributed by atoms with van der Waals surface area (Å²) in [6.07, 6.45) is 4.70. The van der Waals surface area contributed by atoms with Gasteiger partial charge >= 0.3 is 0 Å². The lowest BCUT2D eigenvalue weighted by atomic mass is 9.89. The summed E-state index contributed by atoms with van der Waals surface area (Å²) in [5, 5.41) is 0.968. The summed E-state index contributed by atoms with van der Waals surface area (Å²) in [4.78, 5) is 23.3. The van der Waals surface area contributed by atoms with Crippen LogP contribution >= 0.6 is 23.2 Å². The number of pyridine rings is 1. The van der Waals surface area contributed by atoms with Gasteiger partial charge in [0.15, 0.2) is 0 Å². The van der Waals surface area contributed by atoms with Gasteiger partial charge in [-0.1, -0.05) is 35.3 Å². The standard InChI is InChI=1S/C24H20Cl2N4O/c1-14-28-21-13-27-8-7-22(21)30(14)18-5-3-15(4-6-18)16-9-17-10-19(25)20(26)12-23(17)29(2)24(31)11-16/h3-8,10,12-13,16H,9,11H2,1-2H3. The summed E-state index contributed by atoms with van der Waals surface area (Å²) in [6, 6.07) is 14.0. The maximum Gasteiger partial charge on any atom is 0.227 e. The van der Waals surface area contributed by atoms with E-state index >= 15 is 0 Å². The average molecular weight is 451 g/mol. The number of amides is 1. The minimum atomic E-state index is 0.0623. The normalized spacial score (nSPS) is 16.5. The molecule has 156 valence electrons. The molecule has 3 heterocycles. The highest BCUT2D eigenvalue weighted by atomic mass is 35.5. The molecule has 1 aliphatic rings. The van der Waals surface area contributed by atoms with Crippen molar-refractivity contribution in [3.8, 4) is 5.69 Å². The molecule has 1 unspecified atom stereocenters. The van der Waals surface area contributed by atoms with E-state index in [4.69, 9.17) is 23.2 Å². The molecule has 5 rings (SSSR count). The van der Waals surface area contributed by atoms with Crippen LogP contribution < -0.4 is 4.90 Å². The van der Waals surface area contributed by atoms with Crippen molar-refractivity contribution in [1.82, 2.24) is 14.5 Å². The largest absolute Gasteiger partial charge is 0.315 e. The molecule has 5 nitrogen and oxygen atoms in total. The third kappa shape index (κ3) is 3.48. The third-order valence-corrected chi connectivity index (χ3v) is 6.71. The highest BCUT2D eigenvalue weighted by molar-refractivity contribution is 6.42. The Balaban J connectivity index is 1.51. The summed E-state index contributed by atoms with van der Waals surface area (Å²) >= 11 is 12.5. The first kappa shape index (κ1) is 20.0. The molecule has 1 amide bonds. The van der Waals surface area contributed by atoms with Gasteiger partial charge in [0.2, 0.25) is 5.91 Å². The second kappa shape index (κ2) is 7.66. The minimum absolute atomic E-state index is 0.0623. The number of benzene rings is 2. The number of aromatic nitrogens is 3. The van der Waals surface area contributed by atoms with Crippen LogP contribution in [0.3, 0.4) is 0 Å². The van der Waals surface area contributed by atoms with Crippen molar-refractivity contribution in [1.29, 1.82) is 0 Å². The molecule has 0 fully saturated rings. The number of rotatable bonds is 2. The highest BCUT2D eigenvalue weighted by Crippen LogP contribution is 2.38. The second-order valence-electron chi connectivity index (χ2n) is 7.90. The van der Waals surface area contributed by atoms with Crippen molar-refractivity contribution >= 4 is 45.8 Å². The Bertz CT molecular complexity index is 1310. The predicted molar refractivity (Wildman–Crippen MR) is 125 cm³/mol. The highest BCUT2D eigenvalue weighted by Gasteiger charge is 2.27. The fraction of sp³-hybridized carbons (Fsp3) is 0.208. The molecule has 0 bridgehead atoms. The van der Waals surface area contributed by atoms with Crippen LogP contribution in [0.15, 0.2) is 54.9 Å². The van der Waals surface area contributed by atoms with Crippen LogP contribution in [-0.2, 0) is 11.2 Å². The Morgan fingerprint density at radius 1 is 1.03 bits per heavy atom. The van der Waals surface area contributed by atoms with E-state index in [1.165, 1.54) is 0 Å². The van der Waals surface area contributed by atoms with E-state index in [-0.39, 0.29) is 11.8 Å². The van der Waals surface area contributed by atoms with E-state index < -0.39 is 0 Å². The minimum Gasteiger partial charge on any atom is -0.315 e. The van der Waals surface area contributed by atoms with Gasteiger partial charge in [0.25, 0.3) is 0 Å². The molecule has 0 aliphatic carbocycles. The smallest absolute Gasteiger partial charge is 0.227 e. The second-order valence-corrected chi connectivity index (χ2v) is 8.72. The Hall–Kier alpha value is -2.89. The SMILES string of the molecule is Cc1nc2cnccc2n1-c1ccc(C2CC(=O)N(C)c3cc(Cl)c(Cl)cc3C2)cc1. The maximum atomic E-state index is 12.8. The van der Waals surface area contributed by atoms with Crippen LogP contribution in [0.4, 0.5) is 5.69 Å².